The molecule has 3 rings (SSSR count). The summed E-state index contributed by atoms with van der Waals surface area (Å²) in [5, 5.41) is 0. The molecule has 0 amide bonds. The number of halogens is 1. The van der Waals surface area contributed by atoms with Gasteiger partial charge in [-0.15, -0.1) is 0 Å². The third kappa shape index (κ3) is 4.61. The van der Waals surface area contributed by atoms with Gasteiger partial charge in [0, 0.05) is 11.0 Å². The summed E-state index contributed by atoms with van der Waals surface area (Å²) in [4.78, 5) is 9.82. The summed E-state index contributed by atoms with van der Waals surface area (Å²) in [6, 6.07) is 11.2. The lowest BCUT2D eigenvalue weighted by molar-refractivity contribution is 0.623. The van der Waals surface area contributed by atoms with Crippen molar-refractivity contribution in [3.63, 3.8) is 0 Å². The average Bonchev–Trinajstić information content (AvgIpc) is 3.22. The van der Waals surface area contributed by atoms with Crippen LogP contribution in [0.5, 0.6) is 0 Å². The lowest BCUT2D eigenvalue weighted by Crippen LogP contribution is -2.30. The third-order valence-electron chi connectivity index (χ3n) is 6.27. The summed E-state index contributed by atoms with van der Waals surface area (Å²) in [7, 11) is 0. The van der Waals surface area contributed by atoms with E-state index in [0.717, 1.165) is 29.1 Å². The van der Waals surface area contributed by atoms with E-state index < -0.39 is 0 Å². The molecule has 0 saturated carbocycles. The Morgan fingerprint density at radius 2 is 1.65 bits per heavy atom. The zero-order valence-corrected chi connectivity index (χ0v) is 19.8. The monoisotopic (exact) mass is 416 g/mol. The number of rotatable bonds is 6. The second-order valence-electron chi connectivity index (χ2n) is 8.81. The lowest BCUT2D eigenvalue weighted by atomic mass is 9.80. The van der Waals surface area contributed by atoms with E-state index in [-0.39, 0.29) is 11.2 Å². The molecule has 0 unspecified atom stereocenters. The molecule has 0 fully saturated rings. The quantitative estimate of drug-likeness (QED) is 0.441. The van der Waals surface area contributed by atoms with Crippen LogP contribution >= 0.6 is 0 Å². The molecular formula is C28H33FN2. The zero-order chi connectivity index (χ0) is 22.8. The number of hydrogen-bond acceptors (Lipinski definition) is 2. The largest absolute Gasteiger partial charge is 0.260 e. The Labute approximate surface area is 186 Å². The molecule has 0 bridgehead atoms. The average molecular weight is 417 g/mol. The topological polar surface area (TPSA) is 24.7 Å². The van der Waals surface area contributed by atoms with E-state index in [9.17, 15) is 4.39 Å². The molecule has 2 aromatic carbocycles. The van der Waals surface area contributed by atoms with Gasteiger partial charge >= 0.3 is 0 Å². The van der Waals surface area contributed by atoms with Crippen LogP contribution in [0.1, 0.15) is 61.9 Å². The number of amidine groups is 1. The van der Waals surface area contributed by atoms with E-state index in [4.69, 9.17) is 9.98 Å². The number of aliphatic imine (C=N–C) groups is 2. The van der Waals surface area contributed by atoms with Gasteiger partial charge in [0.2, 0.25) is 0 Å². The van der Waals surface area contributed by atoms with Gasteiger partial charge in [-0.05, 0) is 79.6 Å². The molecule has 31 heavy (non-hydrogen) atoms. The predicted molar refractivity (Wildman–Crippen MR) is 132 cm³/mol. The smallest absolute Gasteiger partial charge is 0.155 e. The van der Waals surface area contributed by atoms with Crippen LogP contribution in [0.15, 0.2) is 64.1 Å². The van der Waals surface area contributed by atoms with Crippen LogP contribution in [0.3, 0.4) is 0 Å². The lowest BCUT2D eigenvalue weighted by Gasteiger charge is -2.25. The normalized spacial score (nSPS) is 15.2. The summed E-state index contributed by atoms with van der Waals surface area (Å²) >= 11 is 0. The van der Waals surface area contributed by atoms with E-state index >= 15 is 0 Å². The van der Waals surface area contributed by atoms with Gasteiger partial charge in [-0.3, -0.25) is 4.99 Å². The first-order chi connectivity index (χ1) is 14.7. The fourth-order valence-corrected chi connectivity index (χ4v) is 4.09. The van der Waals surface area contributed by atoms with Gasteiger partial charge in [-0.2, -0.15) is 0 Å². The molecule has 0 atom stereocenters. The number of benzene rings is 2. The van der Waals surface area contributed by atoms with Crippen LogP contribution in [-0.2, 0) is 5.41 Å². The maximum Gasteiger partial charge on any atom is 0.155 e. The predicted octanol–water partition coefficient (Wildman–Crippen LogP) is 7.32. The van der Waals surface area contributed by atoms with Crippen LogP contribution in [0.4, 0.5) is 4.39 Å². The highest BCUT2D eigenvalue weighted by Gasteiger charge is 2.31. The van der Waals surface area contributed by atoms with Gasteiger partial charge in [0.1, 0.15) is 5.82 Å². The molecule has 3 heteroatoms. The highest BCUT2D eigenvalue weighted by Crippen LogP contribution is 2.33. The Morgan fingerprint density at radius 1 is 1.00 bits per heavy atom. The van der Waals surface area contributed by atoms with Crippen molar-refractivity contribution in [1.29, 1.82) is 0 Å². The van der Waals surface area contributed by atoms with Gasteiger partial charge in [0.15, 0.2) is 5.84 Å². The summed E-state index contributed by atoms with van der Waals surface area (Å²) in [6.45, 7) is 15.5. The van der Waals surface area contributed by atoms with Crippen molar-refractivity contribution in [3.05, 3.63) is 87.8 Å². The SMILES string of the molecule is C/C=C(\C(=CCC)c1cc(C)c(C)cc1C)C1=NCC(C(C)(C)c2ccc(F)cc2)=N1. The summed E-state index contributed by atoms with van der Waals surface area (Å²) < 4.78 is 13.4. The van der Waals surface area contributed by atoms with Crippen molar-refractivity contribution in [3.8, 4) is 0 Å². The zero-order valence-electron chi connectivity index (χ0n) is 19.8. The Hall–Kier alpha value is -2.81. The summed E-state index contributed by atoms with van der Waals surface area (Å²) in [5.74, 6) is 0.559. The highest BCUT2D eigenvalue weighted by molar-refractivity contribution is 6.20. The minimum Gasteiger partial charge on any atom is -0.260 e. The van der Waals surface area contributed by atoms with E-state index in [2.05, 4.69) is 72.8 Å². The van der Waals surface area contributed by atoms with Crippen LogP contribution in [-0.4, -0.2) is 18.1 Å². The first-order valence-electron chi connectivity index (χ1n) is 11.0. The maximum absolute atomic E-state index is 13.4. The highest BCUT2D eigenvalue weighted by atomic mass is 19.1. The van der Waals surface area contributed by atoms with Crippen LogP contribution in [0.25, 0.3) is 5.57 Å². The van der Waals surface area contributed by atoms with Gasteiger partial charge < -0.3 is 0 Å². The standard InChI is InChI=1S/C28H33FN2/c1-8-10-24(25-16-19(4)18(3)15-20(25)5)23(9-2)27-30-17-26(31-27)28(6,7)21-11-13-22(29)14-12-21/h9-16H,8,17H2,1-7H3/b23-9+,24-10?. The molecule has 0 aliphatic carbocycles. The third-order valence-corrected chi connectivity index (χ3v) is 6.27. The van der Waals surface area contributed by atoms with Crippen molar-refractivity contribution < 1.29 is 4.39 Å². The summed E-state index contributed by atoms with van der Waals surface area (Å²) in [6.07, 6.45) is 5.32. The van der Waals surface area contributed by atoms with Crippen molar-refractivity contribution in [2.24, 2.45) is 9.98 Å². The van der Waals surface area contributed by atoms with Gasteiger partial charge in [-0.1, -0.05) is 57.2 Å². The van der Waals surface area contributed by atoms with Gasteiger partial charge in [-0.25, -0.2) is 9.38 Å². The Kier molecular flexibility index (Phi) is 6.74. The van der Waals surface area contributed by atoms with Gasteiger partial charge in [0.25, 0.3) is 0 Å². The molecule has 1 heterocycles. The minimum atomic E-state index is -0.317. The van der Waals surface area contributed by atoms with E-state index in [1.807, 2.05) is 12.1 Å². The maximum atomic E-state index is 13.4. The molecule has 1 aliphatic heterocycles. The fraction of sp³-hybridized carbons (Fsp3) is 0.357. The van der Waals surface area contributed by atoms with Crippen LogP contribution in [0, 0.1) is 26.6 Å². The minimum absolute atomic E-state index is 0.223. The number of hydrogen-bond donors (Lipinski definition) is 0. The molecule has 0 aromatic heterocycles. The molecule has 162 valence electrons. The second-order valence-corrected chi connectivity index (χ2v) is 8.81. The van der Waals surface area contributed by atoms with Crippen LogP contribution < -0.4 is 0 Å². The van der Waals surface area contributed by atoms with Crippen LogP contribution in [0.2, 0.25) is 0 Å². The number of aryl methyl sites for hydroxylation is 3. The molecule has 0 saturated heterocycles. The Bertz CT molecular complexity index is 1100. The molecule has 2 aromatic rings. The molecule has 1 aliphatic rings. The Balaban J connectivity index is 2.00. The number of allylic oxidation sites excluding steroid dienone is 2. The van der Waals surface area contributed by atoms with Gasteiger partial charge in [0.05, 0.1) is 12.3 Å². The van der Waals surface area contributed by atoms with E-state index in [1.54, 1.807) is 0 Å². The van der Waals surface area contributed by atoms with E-state index in [1.165, 1.54) is 40.0 Å². The van der Waals surface area contributed by atoms with Crippen molar-refractivity contribution >= 4 is 17.1 Å². The summed E-state index contributed by atoms with van der Waals surface area (Å²) in [5.41, 5.74) is 9.07. The van der Waals surface area contributed by atoms with Crippen molar-refractivity contribution in [2.45, 2.75) is 60.3 Å². The van der Waals surface area contributed by atoms with Crippen molar-refractivity contribution in [1.82, 2.24) is 0 Å². The number of nitrogens with zero attached hydrogens (tertiary/aromatic N) is 2. The van der Waals surface area contributed by atoms with Crippen molar-refractivity contribution in [2.75, 3.05) is 6.54 Å². The second kappa shape index (κ2) is 9.13. The molecular weight excluding hydrogens is 383 g/mol. The molecule has 0 radical (unpaired) electrons. The Morgan fingerprint density at radius 3 is 2.26 bits per heavy atom. The first kappa shape index (κ1) is 22.9. The molecule has 0 N–H and O–H groups in total. The first-order valence-corrected chi connectivity index (χ1v) is 11.0. The molecule has 0 spiro atoms. The fourth-order valence-electron chi connectivity index (χ4n) is 4.09. The van der Waals surface area contributed by atoms with E-state index in [0.29, 0.717) is 6.54 Å². The molecule has 2 nitrogen and oxygen atoms in total.